The number of fused-ring (bicyclic) bond motifs is 1. The molecule has 0 bridgehead atoms. The molecule has 0 aromatic carbocycles. The summed E-state index contributed by atoms with van der Waals surface area (Å²) in [6, 6.07) is 3.65. The molecule has 1 N–H and O–H groups in total. The monoisotopic (exact) mass is 266 g/mol. The van der Waals surface area contributed by atoms with Crippen LogP contribution in [0.3, 0.4) is 0 Å². The van der Waals surface area contributed by atoms with E-state index < -0.39 is 0 Å². The standard InChI is InChI=1S/C10H10N4OS2/c15-8(7-3-1-5-16-7)11-9-12-13-10-14(9)4-2-6-17-10/h1,3,5H,2,4,6H2,(H,11,12,15). The first-order valence-corrected chi connectivity index (χ1v) is 7.12. The van der Waals surface area contributed by atoms with Crippen LogP contribution in [0.25, 0.3) is 0 Å². The Hall–Kier alpha value is -1.34. The Morgan fingerprint density at radius 3 is 3.24 bits per heavy atom. The Morgan fingerprint density at radius 1 is 1.47 bits per heavy atom. The molecule has 0 saturated heterocycles. The molecular formula is C10H10N4OS2. The predicted octanol–water partition coefficient (Wildman–Crippen LogP) is 2.09. The molecule has 3 heterocycles. The Balaban J connectivity index is 1.81. The van der Waals surface area contributed by atoms with Crippen LogP contribution in [0, 0.1) is 0 Å². The number of aromatic nitrogens is 3. The minimum atomic E-state index is -0.120. The Labute approximate surface area is 106 Å². The van der Waals surface area contributed by atoms with Crippen molar-refractivity contribution in [2.24, 2.45) is 0 Å². The molecule has 7 heteroatoms. The minimum absolute atomic E-state index is 0.120. The van der Waals surface area contributed by atoms with Crippen molar-refractivity contribution in [3.8, 4) is 0 Å². The van der Waals surface area contributed by atoms with Crippen molar-refractivity contribution in [2.75, 3.05) is 11.1 Å². The molecular weight excluding hydrogens is 256 g/mol. The van der Waals surface area contributed by atoms with Gasteiger partial charge in [-0.15, -0.1) is 21.5 Å². The fourth-order valence-corrected chi connectivity index (χ4v) is 3.15. The molecule has 5 nitrogen and oxygen atoms in total. The predicted molar refractivity (Wildman–Crippen MR) is 67.6 cm³/mol. The van der Waals surface area contributed by atoms with Crippen molar-refractivity contribution >= 4 is 35.0 Å². The number of carbonyl (C=O) groups excluding carboxylic acids is 1. The van der Waals surface area contributed by atoms with Gasteiger partial charge in [-0.05, 0) is 17.9 Å². The number of anilines is 1. The molecule has 2 aromatic rings. The molecule has 0 fully saturated rings. The van der Waals surface area contributed by atoms with Gasteiger partial charge in [-0.3, -0.25) is 14.7 Å². The lowest BCUT2D eigenvalue weighted by molar-refractivity contribution is 0.102. The van der Waals surface area contributed by atoms with Gasteiger partial charge in [0.25, 0.3) is 5.91 Å². The van der Waals surface area contributed by atoms with E-state index in [1.165, 1.54) is 11.3 Å². The lowest BCUT2D eigenvalue weighted by Gasteiger charge is -2.13. The highest BCUT2D eigenvalue weighted by molar-refractivity contribution is 7.99. The van der Waals surface area contributed by atoms with Crippen LogP contribution in [0.1, 0.15) is 16.1 Å². The zero-order valence-electron chi connectivity index (χ0n) is 8.92. The van der Waals surface area contributed by atoms with Gasteiger partial charge in [-0.1, -0.05) is 17.8 Å². The first-order valence-electron chi connectivity index (χ1n) is 5.25. The van der Waals surface area contributed by atoms with Crippen LogP contribution in [0.15, 0.2) is 22.7 Å². The van der Waals surface area contributed by atoms with Crippen LogP contribution in [-0.2, 0) is 6.54 Å². The zero-order valence-corrected chi connectivity index (χ0v) is 10.6. The van der Waals surface area contributed by atoms with Gasteiger partial charge >= 0.3 is 0 Å². The van der Waals surface area contributed by atoms with Crippen LogP contribution in [0.2, 0.25) is 0 Å². The van der Waals surface area contributed by atoms with Crippen LogP contribution in [0.5, 0.6) is 0 Å². The van der Waals surface area contributed by atoms with Crippen LogP contribution < -0.4 is 5.32 Å². The van der Waals surface area contributed by atoms with Crippen molar-refractivity contribution in [1.29, 1.82) is 0 Å². The van der Waals surface area contributed by atoms with Crippen LogP contribution >= 0.6 is 23.1 Å². The number of hydrogen-bond donors (Lipinski definition) is 1. The Morgan fingerprint density at radius 2 is 2.41 bits per heavy atom. The number of nitrogens with one attached hydrogen (secondary N) is 1. The van der Waals surface area contributed by atoms with Crippen LogP contribution in [0.4, 0.5) is 5.95 Å². The summed E-state index contributed by atoms with van der Waals surface area (Å²) in [5, 5.41) is 13.6. The third-order valence-corrected chi connectivity index (χ3v) is 4.37. The summed E-state index contributed by atoms with van der Waals surface area (Å²) in [7, 11) is 0. The van der Waals surface area contributed by atoms with Gasteiger partial charge in [0.2, 0.25) is 5.95 Å². The minimum Gasteiger partial charge on any atom is -0.290 e. The number of thioether (sulfide) groups is 1. The van der Waals surface area contributed by atoms with Gasteiger partial charge < -0.3 is 0 Å². The SMILES string of the molecule is O=C(Nc1nnc2n1CCCS2)c1cccs1. The highest BCUT2D eigenvalue weighted by Gasteiger charge is 2.18. The van der Waals surface area contributed by atoms with Crippen molar-refractivity contribution in [2.45, 2.75) is 18.1 Å². The highest BCUT2D eigenvalue weighted by Crippen LogP contribution is 2.25. The molecule has 1 amide bonds. The first-order chi connectivity index (χ1) is 8.34. The van der Waals surface area contributed by atoms with E-state index in [0.717, 1.165) is 23.9 Å². The third-order valence-electron chi connectivity index (χ3n) is 2.44. The maximum Gasteiger partial charge on any atom is 0.268 e. The molecule has 1 aliphatic rings. The molecule has 0 saturated carbocycles. The van der Waals surface area contributed by atoms with Gasteiger partial charge in [0.15, 0.2) is 5.16 Å². The molecule has 0 atom stereocenters. The summed E-state index contributed by atoms with van der Waals surface area (Å²) in [5.74, 6) is 1.49. The second-order valence-corrected chi connectivity index (χ2v) is 5.60. The first kappa shape index (κ1) is 10.8. The lowest BCUT2D eigenvalue weighted by atomic mass is 10.4. The molecule has 0 radical (unpaired) electrons. The Bertz CT molecular complexity index is 535. The average Bonchev–Trinajstić information content (AvgIpc) is 2.98. The third kappa shape index (κ3) is 2.07. The van der Waals surface area contributed by atoms with E-state index in [1.54, 1.807) is 17.8 Å². The van der Waals surface area contributed by atoms with Crippen molar-refractivity contribution in [1.82, 2.24) is 14.8 Å². The summed E-state index contributed by atoms with van der Waals surface area (Å²) in [5.41, 5.74) is 0. The second-order valence-electron chi connectivity index (χ2n) is 3.59. The van der Waals surface area contributed by atoms with Gasteiger partial charge in [0, 0.05) is 12.3 Å². The molecule has 88 valence electrons. The van der Waals surface area contributed by atoms with E-state index in [9.17, 15) is 4.79 Å². The van der Waals surface area contributed by atoms with E-state index in [2.05, 4.69) is 15.5 Å². The molecule has 0 aliphatic carbocycles. The zero-order chi connectivity index (χ0) is 11.7. The number of nitrogens with zero attached hydrogens (tertiary/aromatic N) is 3. The summed E-state index contributed by atoms with van der Waals surface area (Å²) in [6.07, 6.45) is 1.08. The fourth-order valence-electron chi connectivity index (χ4n) is 1.65. The molecule has 1 aliphatic heterocycles. The molecule has 3 rings (SSSR count). The van der Waals surface area contributed by atoms with E-state index in [1.807, 2.05) is 16.0 Å². The number of rotatable bonds is 2. The number of thiophene rings is 1. The van der Waals surface area contributed by atoms with Gasteiger partial charge in [0.1, 0.15) is 0 Å². The van der Waals surface area contributed by atoms with E-state index in [0.29, 0.717) is 10.8 Å². The lowest BCUT2D eigenvalue weighted by Crippen LogP contribution is -2.16. The summed E-state index contributed by atoms with van der Waals surface area (Å²) in [6.45, 7) is 0.870. The topological polar surface area (TPSA) is 59.8 Å². The molecule has 2 aromatic heterocycles. The smallest absolute Gasteiger partial charge is 0.268 e. The fraction of sp³-hybridized carbons (Fsp3) is 0.300. The second kappa shape index (κ2) is 4.50. The van der Waals surface area contributed by atoms with Gasteiger partial charge in [0.05, 0.1) is 4.88 Å². The van der Waals surface area contributed by atoms with Gasteiger partial charge in [-0.25, -0.2) is 0 Å². The maximum absolute atomic E-state index is 11.9. The quantitative estimate of drug-likeness (QED) is 0.904. The normalized spacial score (nSPS) is 14.4. The largest absolute Gasteiger partial charge is 0.290 e. The van der Waals surface area contributed by atoms with E-state index in [4.69, 9.17) is 0 Å². The molecule has 17 heavy (non-hydrogen) atoms. The molecule has 0 unspecified atom stereocenters. The van der Waals surface area contributed by atoms with Crippen LogP contribution in [-0.4, -0.2) is 26.4 Å². The number of carbonyl (C=O) groups is 1. The number of hydrogen-bond acceptors (Lipinski definition) is 5. The highest BCUT2D eigenvalue weighted by atomic mass is 32.2. The average molecular weight is 266 g/mol. The summed E-state index contributed by atoms with van der Waals surface area (Å²) in [4.78, 5) is 12.6. The van der Waals surface area contributed by atoms with Crippen molar-refractivity contribution in [3.63, 3.8) is 0 Å². The maximum atomic E-state index is 11.9. The Kier molecular flexibility index (Phi) is 2.86. The molecule has 0 spiro atoms. The number of amides is 1. The van der Waals surface area contributed by atoms with Crippen molar-refractivity contribution < 1.29 is 4.79 Å². The summed E-state index contributed by atoms with van der Waals surface area (Å²) < 4.78 is 1.96. The van der Waals surface area contributed by atoms with Crippen molar-refractivity contribution in [3.05, 3.63) is 22.4 Å². The summed E-state index contributed by atoms with van der Waals surface area (Å²) >= 11 is 3.09. The van der Waals surface area contributed by atoms with E-state index in [-0.39, 0.29) is 5.91 Å². The van der Waals surface area contributed by atoms with E-state index >= 15 is 0 Å². The van der Waals surface area contributed by atoms with Gasteiger partial charge in [-0.2, -0.15) is 0 Å².